The van der Waals surface area contributed by atoms with Crippen LogP contribution < -0.4 is 16.0 Å². The monoisotopic (exact) mass is 846 g/mol. The number of likely N-dealkylation sites (tertiary alicyclic amines) is 1. The van der Waals surface area contributed by atoms with Gasteiger partial charge in [0.15, 0.2) is 0 Å². The number of fused-ring (bicyclic) bond motifs is 2. The van der Waals surface area contributed by atoms with Crippen LogP contribution in [-0.4, -0.2) is 88.7 Å². The van der Waals surface area contributed by atoms with Crippen LogP contribution in [0.5, 0.6) is 0 Å². The summed E-state index contributed by atoms with van der Waals surface area (Å²) in [5.74, 6) is 1.44. The van der Waals surface area contributed by atoms with E-state index in [1.165, 1.54) is 52.7 Å². The van der Waals surface area contributed by atoms with Gasteiger partial charge in [-0.1, -0.05) is 88.1 Å². The minimum Gasteiger partial charge on any atom is -0.453 e. The number of rotatable bonds is 13. The van der Waals surface area contributed by atoms with Gasteiger partial charge in [0.2, 0.25) is 11.8 Å². The molecule has 0 spiro atoms. The molecule has 3 heterocycles. The first kappa shape index (κ1) is 44.1. The second-order valence-electron chi connectivity index (χ2n) is 16.8. The molecule has 3 aromatic carbocycles. The molecule has 5 N–H and O–H groups in total. The summed E-state index contributed by atoms with van der Waals surface area (Å²) in [5.41, 5.74) is 5.90. The minimum absolute atomic E-state index is 0.0538. The van der Waals surface area contributed by atoms with Crippen molar-refractivity contribution in [1.82, 2.24) is 40.8 Å². The maximum atomic E-state index is 14.0. The Bertz CT molecular complexity index is 2280. The van der Waals surface area contributed by atoms with Crippen molar-refractivity contribution in [3.63, 3.8) is 0 Å². The molecular formula is C48H62N8O6. The zero-order chi connectivity index (χ0) is 43.3. The highest BCUT2D eigenvalue weighted by Gasteiger charge is 2.40. The fraction of sp³-hybridized carbons (Fsp3) is 0.500. The van der Waals surface area contributed by atoms with Gasteiger partial charge in [-0.3, -0.25) is 9.59 Å². The number of hydrogen-bond donors (Lipinski definition) is 5. The molecule has 4 amide bonds. The molecule has 2 atom stereocenters. The van der Waals surface area contributed by atoms with E-state index < -0.39 is 18.2 Å². The van der Waals surface area contributed by atoms with Crippen molar-refractivity contribution >= 4 is 45.8 Å². The third-order valence-corrected chi connectivity index (χ3v) is 12.6. The number of carbonyl (C=O) groups excluding carboxylic acids is 4. The lowest BCUT2D eigenvalue weighted by Gasteiger charge is -2.34. The van der Waals surface area contributed by atoms with Crippen molar-refractivity contribution in [2.45, 2.75) is 115 Å². The summed E-state index contributed by atoms with van der Waals surface area (Å²) in [6, 6.07) is 18.3. The third kappa shape index (κ3) is 11.5. The van der Waals surface area contributed by atoms with Crippen LogP contribution >= 0.6 is 0 Å². The number of carbonyl (C=O) groups is 4. The van der Waals surface area contributed by atoms with Gasteiger partial charge in [-0.05, 0) is 90.6 Å². The zero-order valence-electron chi connectivity index (χ0n) is 36.2. The van der Waals surface area contributed by atoms with Gasteiger partial charge in [-0.25, -0.2) is 19.6 Å². The number of aromatic nitrogens is 4. The summed E-state index contributed by atoms with van der Waals surface area (Å²) in [4.78, 5) is 67.6. The van der Waals surface area contributed by atoms with E-state index in [-0.39, 0.29) is 30.3 Å². The highest BCUT2D eigenvalue weighted by molar-refractivity contribution is 5.92. The van der Waals surface area contributed by atoms with E-state index >= 15 is 0 Å². The molecule has 2 unspecified atom stereocenters. The second kappa shape index (κ2) is 21.7. The number of H-pyrrole nitrogens is 2. The first-order valence-corrected chi connectivity index (χ1v) is 22.6. The molecule has 1 saturated heterocycles. The lowest BCUT2D eigenvalue weighted by Crippen LogP contribution is -2.52. The van der Waals surface area contributed by atoms with Crippen LogP contribution in [0.1, 0.15) is 114 Å². The summed E-state index contributed by atoms with van der Waals surface area (Å²) in [7, 11) is 2.59. The molecule has 14 heteroatoms. The quantitative estimate of drug-likeness (QED) is 0.0728. The van der Waals surface area contributed by atoms with Crippen LogP contribution in [0.2, 0.25) is 0 Å². The zero-order valence-corrected chi connectivity index (χ0v) is 36.2. The Labute approximate surface area is 363 Å². The SMILES string of the molecule is C1CCCCC1.COC(=O)NCC(=O)NCCCCc1ncc(-c2ccc3cc(-c4ccc5nc(C6CCCN6C(=O)C(NC(=O)OC)C6CCCCC6)[nH]c5c4)ccc3c2)[nH]1. The molecule has 62 heavy (non-hydrogen) atoms. The smallest absolute Gasteiger partial charge is 0.407 e. The summed E-state index contributed by atoms with van der Waals surface area (Å²) >= 11 is 0. The number of nitrogens with one attached hydrogen (secondary N) is 5. The number of unbranched alkanes of at least 4 members (excludes halogenated alkanes) is 1. The van der Waals surface area contributed by atoms with Gasteiger partial charge >= 0.3 is 12.2 Å². The number of hydrogen-bond acceptors (Lipinski definition) is 8. The Kier molecular flexibility index (Phi) is 15.5. The number of alkyl carbamates (subject to hydrolysis) is 2. The number of aryl methyl sites for hydroxylation is 1. The van der Waals surface area contributed by atoms with Crippen LogP contribution in [0.3, 0.4) is 0 Å². The van der Waals surface area contributed by atoms with E-state index in [4.69, 9.17) is 9.72 Å². The summed E-state index contributed by atoms with van der Waals surface area (Å²) < 4.78 is 9.37. The molecule has 2 saturated carbocycles. The van der Waals surface area contributed by atoms with Gasteiger partial charge in [0, 0.05) is 25.1 Å². The Morgan fingerprint density at radius 2 is 1.40 bits per heavy atom. The van der Waals surface area contributed by atoms with E-state index in [0.29, 0.717) is 13.1 Å². The Hall–Kier alpha value is -5.92. The van der Waals surface area contributed by atoms with Gasteiger partial charge in [-0.2, -0.15) is 0 Å². The first-order valence-electron chi connectivity index (χ1n) is 22.6. The number of methoxy groups -OCH3 is 2. The van der Waals surface area contributed by atoms with Crippen LogP contribution in [0, 0.1) is 5.92 Å². The van der Waals surface area contributed by atoms with Crippen molar-refractivity contribution in [2.75, 3.05) is 33.9 Å². The van der Waals surface area contributed by atoms with E-state index in [9.17, 15) is 19.2 Å². The summed E-state index contributed by atoms with van der Waals surface area (Å²) in [6.07, 6.45) is 18.8. The topological polar surface area (TPSA) is 183 Å². The highest BCUT2D eigenvalue weighted by atomic mass is 16.5. The molecule has 1 aliphatic heterocycles. The van der Waals surface area contributed by atoms with E-state index in [0.717, 1.165) is 120 Å². The summed E-state index contributed by atoms with van der Waals surface area (Å²) in [5, 5.41) is 10.3. The number of benzene rings is 3. The predicted octanol–water partition coefficient (Wildman–Crippen LogP) is 8.88. The van der Waals surface area contributed by atoms with Gasteiger partial charge in [-0.15, -0.1) is 0 Å². The third-order valence-electron chi connectivity index (χ3n) is 12.6. The van der Waals surface area contributed by atoms with Gasteiger partial charge in [0.05, 0.1) is 49.7 Å². The second-order valence-corrected chi connectivity index (χ2v) is 16.8. The molecule has 3 aliphatic rings. The molecule has 2 aliphatic carbocycles. The van der Waals surface area contributed by atoms with Gasteiger partial charge in [0.1, 0.15) is 17.7 Å². The van der Waals surface area contributed by atoms with Crippen molar-refractivity contribution in [3.05, 3.63) is 72.4 Å². The minimum atomic E-state index is -0.635. The van der Waals surface area contributed by atoms with Crippen molar-refractivity contribution in [2.24, 2.45) is 5.92 Å². The first-order chi connectivity index (χ1) is 30.3. The maximum absolute atomic E-state index is 14.0. The fourth-order valence-corrected chi connectivity index (χ4v) is 9.12. The van der Waals surface area contributed by atoms with Crippen LogP contribution in [0.4, 0.5) is 9.59 Å². The lowest BCUT2D eigenvalue weighted by atomic mass is 9.83. The van der Waals surface area contributed by atoms with E-state index in [1.807, 2.05) is 17.2 Å². The average molecular weight is 847 g/mol. The molecule has 0 radical (unpaired) electrons. The summed E-state index contributed by atoms with van der Waals surface area (Å²) in [6.45, 7) is 1.02. The lowest BCUT2D eigenvalue weighted by molar-refractivity contribution is -0.136. The average Bonchev–Trinajstić information content (AvgIpc) is 4.11. The number of nitrogens with zero attached hydrogens (tertiary/aromatic N) is 3. The van der Waals surface area contributed by atoms with E-state index in [2.05, 4.69) is 84.2 Å². The molecular weight excluding hydrogens is 785 g/mol. The molecule has 8 rings (SSSR count). The van der Waals surface area contributed by atoms with Crippen LogP contribution in [0.25, 0.3) is 44.2 Å². The Morgan fingerprint density at radius 3 is 2.13 bits per heavy atom. The molecule has 2 aromatic heterocycles. The van der Waals surface area contributed by atoms with Gasteiger partial charge in [0.25, 0.3) is 0 Å². The number of imidazole rings is 2. The molecule has 0 bridgehead atoms. The molecule has 14 nitrogen and oxygen atoms in total. The number of ether oxygens (including phenoxy) is 2. The van der Waals surface area contributed by atoms with Crippen molar-refractivity contribution in [1.29, 1.82) is 0 Å². The highest BCUT2D eigenvalue weighted by Crippen LogP contribution is 2.36. The predicted molar refractivity (Wildman–Crippen MR) is 240 cm³/mol. The number of aromatic amines is 2. The van der Waals surface area contributed by atoms with Crippen molar-refractivity contribution < 1.29 is 28.7 Å². The van der Waals surface area contributed by atoms with E-state index in [1.54, 1.807) is 0 Å². The van der Waals surface area contributed by atoms with Crippen LogP contribution in [0.15, 0.2) is 60.8 Å². The standard InChI is InChI=1S/C42H50N8O6.C6H12/c1-55-41(53)45-25-37(51)43-19-7-6-12-36-44-24-34(46-36)31-16-15-27-21-28(13-14-29(27)22-31)30-17-18-32-33(23-30)48-39(47-32)35-11-8-20-50(35)40(52)38(49-42(54)56-2)26-9-4-3-5-10-26;1-2-4-6-5-3-1/h13-18,21-24,26,35,38H,3-12,19-20,25H2,1-2H3,(H,43,51)(H,44,46)(H,45,53)(H,47,48)(H,49,54);1-6H2. The fourth-order valence-electron chi connectivity index (χ4n) is 9.12. The van der Waals surface area contributed by atoms with Crippen LogP contribution in [-0.2, 0) is 25.5 Å². The molecule has 3 fully saturated rings. The van der Waals surface area contributed by atoms with Crippen molar-refractivity contribution in [3.8, 4) is 22.4 Å². The largest absolute Gasteiger partial charge is 0.453 e. The maximum Gasteiger partial charge on any atom is 0.407 e. The van der Waals surface area contributed by atoms with Gasteiger partial charge < -0.3 is 40.3 Å². The normalized spacial score (nSPS) is 17.2. The molecule has 330 valence electrons. The number of amides is 4. The Balaban J connectivity index is 0.000000887. The Morgan fingerprint density at radius 1 is 0.742 bits per heavy atom. The molecule has 5 aromatic rings.